The Balaban J connectivity index is 0.000000159. The number of nitrogens with one attached hydrogen (secondary N) is 3. The number of anilines is 3. The number of fused-ring (bicyclic) bond motifs is 3. The van der Waals surface area contributed by atoms with Crippen molar-refractivity contribution in [2.24, 2.45) is 5.92 Å². The van der Waals surface area contributed by atoms with E-state index in [1.165, 1.54) is 18.2 Å². The number of carbonyl (C=O) groups is 3. The molecule has 7 aromatic carbocycles. The van der Waals surface area contributed by atoms with Crippen molar-refractivity contribution in [3.05, 3.63) is 197 Å². The van der Waals surface area contributed by atoms with Gasteiger partial charge < -0.3 is 29.7 Å². The fraction of sp³-hybridized carbons (Fsp3) is 0.206. The van der Waals surface area contributed by atoms with Gasteiger partial charge in [-0.25, -0.2) is 0 Å². The summed E-state index contributed by atoms with van der Waals surface area (Å²) in [6.07, 6.45) is -11.3. The smallest absolute Gasteiger partial charge is 0.340 e. The van der Waals surface area contributed by atoms with Gasteiger partial charge in [-0.3, -0.25) is 14.4 Å². The molecule has 0 unspecified atom stereocenters. The highest BCUT2D eigenvalue weighted by molar-refractivity contribution is 6.05. The molecule has 0 bridgehead atoms. The van der Waals surface area contributed by atoms with E-state index >= 15 is 0 Å². The first kappa shape index (κ1) is 62.9. The van der Waals surface area contributed by atoms with Crippen molar-refractivity contribution in [2.75, 3.05) is 16.0 Å². The second-order valence-corrected chi connectivity index (χ2v) is 20.7. The van der Waals surface area contributed by atoms with Crippen molar-refractivity contribution in [2.45, 2.75) is 85.1 Å². The predicted octanol–water partition coefficient (Wildman–Crippen LogP) is 17.6. The summed E-state index contributed by atoms with van der Waals surface area (Å²) in [5.74, 6) is -0.415. The number of alkyl halides is 9. The third kappa shape index (κ3) is 13.4. The molecule has 0 atom stereocenters. The lowest BCUT2D eigenvalue weighted by Gasteiger charge is -2.12. The Morgan fingerprint density at radius 2 is 0.798 bits per heavy atom. The highest BCUT2D eigenvalue weighted by atomic mass is 19.4. The highest BCUT2D eigenvalue weighted by Crippen LogP contribution is 2.42. The summed E-state index contributed by atoms with van der Waals surface area (Å²) in [5, 5.41) is 39.2. The Labute approximate surface area is 504 Å². The topological polar surface area (TPSA) is 173 Å². The molecule has 1 aliphatic carbocycles. The van der Waals surface area contributed by atoms with Gasteiger partial charge in [0.1, 0.15) is 18.2 Å². The number of nitrogens with zero attached hydrogens (tertiary/aromatic N) is 6. The van der Waals surface area contributed by atoms with E-state index in [2.05, 4.69) is 34.2 Å². The first-order valence-electron chi connectivity index (χ1n) is 28.2. The number of aryl methyl sites for hydroxylation is 3. The minimum absolute atomic E-state index is 0.0338. The van der Waals surface area contributed by atoms with Gasteiger partial charge in [0.05, 0.1) is 67.0 Å². The minimum Gasteiger partial charge on any atom is -0.340 e. The standard InChI is InChI=1S/C25H18F3N3O.C22H18F3N3O.C21H18F3N3O/c1-2-31-22-14-18(25(26,27)28)11-12-20(22)21(15-29)23(31)17-9-6-10-19(13-17)30-24(32)16-7-4-3-5-8-16;1-2-28-19-11-15(22(23,24)25)8-9-17(19)18(12-26)20(28)14-4-3-5-16(10-14)27-21(29)13-6-7-13;1-3-19(28)26-15-7-5-6-13(10-15)20-17(12-25)16-9-8-14(21(22,23)24)11-18(16)27(20)4-2/h3-14H,2H2,1H3,(H,30,32);3-5,8-11,13H,2,6-7H2,1H3,(H,27,29);5-11H,3-4H2,1-2H3,(H,26,28). The summed E-state index contributed by atoms with van der Waals surface area (Å²) in [4.78, 5) is 36.2. The maximum atomic E-state index is 13.3. The predicted molar refractivity (Wildman–Crippen MR) is 323 cm³/mol. The van der Waals surface area contributed by atoms with Crippen LogP contribution >= 0.6 is 0 Å². The van der Waals surface area contributed by atoms with E-state index in [1.54, 1.807) is 118 Å². The molecule has 21 heteroatoms. The van der Waals surface area contributed by atoms with Crippen LogP contribution in [0.15, 0.2) is 158 Å². The van der Waals surface area contributed by atoms with Crippen molar-refractivity contribution in [1.82, 2.24) is 13.7 Å². The average molecular weight is 1220 g/mol. The summed E-state index contributed by atoms with van der Waals surface area (Å²) in [5.41, 5.74) is 5.43. The van der Waals surface area contributed by atoms with E-state index in [1.807, 2.05) is 26.8 Å². The van der Waals surface area contributed by atoms with Crippen LogP contribution in [0.1, 0.15) is 90.7 Å². The number of hydrogen-bond acceptors (Lipinski definition) is 6. The largest absolute Gasteiger partial charge is 0.416 e. The number of amides is 3. The molecular weight excluding hydrogens is 1160 g/mol. The molecule has 10 aromatic rings. The van der Waals surface area contributed by atoms with Crippen LogP contribution < -0.4 is 16.0 Å². The molecule has 12 nitrogen and oxygen atoms in total. The summed E-state index contributed by atoms with van der Waals surface area (Å²) in [7, 11) is 0. The average Bonchev–Trinajstić information content (AvgIpc) is 1.81. The van der Waals surface area contributed by atoms with Gasteiger partial charge in [0.25, 0.3) is 5.91 Å². The molecule has 3 aromatic heterocycles. The molecule has 3 N–H and O–H groups in total. The second-order valence-electron chi connectivity index (χ2n) is 20.7. The SMILES string of the molecule is CCC(=O)Nc1cccc(-c2c(C#N)c3ccc(C(F)(F)F)cc3n2CC)c1.CCn1c(-c2cccc(NC(=O)C3CC3)c2)c(C#N)c2ccc(C(F)(F)F)cc21.CCn1c(-c2cccc(NC(=O)c3ccccc3)c2)c(C#N)c2ccc(C(F)(F)F)cc21. The Bertz CT molecular complexity index is 4490. The first-order valence-corrected chi connectivity index (χ1v) is 28.2. The maximum absolute atomic E-state index is 13.3. The molecule has 0 aliphatic heterocycles. The van der Waals surface area contributed by atoms with E-state index in [0.29, 0.717) is 132 Å². The van der Waals surface area contributed by atoms with Gasteiger partial charge in [-0.1, -0.05) is 79.7 Å². The fourth-order valence-electron chi connectivity index (χ4n) is 10.7. The third-order valence-electron chi connectivity index (χ3n) is 15.0. The molecule has 0 spiro atoms. The first-order chi connectivity index (χ1) is 42.5. The molecule has 1 fully saturated rings. The van der Waals surface area contributed by atoms with Crippen LogP contribution in [-0.2, 0) is 47.8 Å². The number of carbonyl (C=O) groups excluding carboxylic acids is 3. The number of benzene rings is 7. The molecule has 3 heterocycles. The van der Waals surface area contributed by atoms with Crippen LogP contribution in [0.2, 0.25) is 0 Å². The molecule has 1 aliphatic rings. The van der Waals surface area contributed by atoms with Gasteiger partial charge in [0, 0.05) is 87.4 Å². The molecule has 11 rings (SSSR count). The second kappa shape index (κ2) is 25.8. The molecule has 1 saturated carbocycles. The minimum atomic E-state index is -4.48. The molecule has 89 heavy (non-hydrogen) atoms. The number of nitriles is 3. The van der Waals surface area contributed by atoms with E-state index in [0.717, 1.165) is 49.2 Å². The maximum Gasteiger partial charge on any atom is 0.416 e. The fourth-order valence-corrected chi connectivity index (χ4v) is 10.7. The molecule has 3 amide bonds. The Morgan fingerprint density at radius 3 is 1.11 bits per heavy atom. The van der Waals surface area contributed by atoms with Crippen molar-refractivity contribution < 1.29 is 53.9 Å². The number of aromatic nitrogens is 3. The van der Waals surface area contributed by atoms with Crippen LogP contribution in [0, 0.1) is 39.9 Å². The zero-order valence-corrected chi connectivity index (χ0v) is 48.1. The van der Waals surface area contributed by atoms with Crippen LogP contribution in [0.4, 0.5) is 56.6 Å². The third-order valence-corrected chi connectivity index (χ3v) is 15.0. The normalized spacial score (nSPS) is 12.2. The molecule has 0 radical (unpaired) electrons. The quantitative estimate of drug-likeness (QED) is 0.103. The number of halogens is 9. The van der Waals surface area contributed by atoms with Crippen LogP contribution in [0.5, 0.6) is 0 Å². The zero-order valence-electron chi connectivity index (χ0n) is 48.1. The zero-order chi connectivity index (χ0) is 64.1. The van der Waals surface area contributed by atoms with E-state index < -0.39 is 35.2 Å². The summed E-state index contributed by atoms with van der Waals surface area (Å²) < 4.78 is 124. The number of hydrogen-bond donors (Lipinski definition) is 3. The lowest BCUT2D eigenvalue weighted by Crippen LogP contribution is -2.13. The molecule has 0 saturated heterocycles. The van der Waals surface area contributed by atoms with Crippen molar-refractivity contribution in [3.63, 3.8) is 0 Å². The van der Waals surface area contributed by atoms with Gasteiger partial charge in [-0.05, 0) is 119 Å². The van der Waals surface area contributed by atoms with Crippen LogP contribution in [0.25, 0.3) is 66.5 Å². The molecular formula is C68H54F9N9O3. The van der Waals surface area contributed by atoms with E-state index in [-0.39, 0.29) is 23.6 Å². The van der Waals surface area contributed by atoms with Gasteiger partial charge >= 0.3 is 18.5 Å². The highest BCUT2D eigenvalue weighted by Gasteiger charge is 2.35. The van der Waals surface area contributed by atoms with E-state index in [4.69, 9.17) is 0 Å². The summed E-state index contributed by atoms with van der Waals surface area (Å²) >= 11 is 0. The summed E-state index contributed by atoms with van der Waals surface area (Å²) in [6, 6.07) is 46.4. The lowest BCUT2D eigenvalue weighted by molar-refractivity contribution is -0.138. The Kier molecular flexibility index (Phi) is 18.2. The van der Waals surface area contributed by atoms with Gasteiger partial charge in [-0.2, -0.15) is 55.3 Å². The van der Waals surface area contributed by atoms with Crippen molar-refractivity contribution >= 4 is 67.5 Å². The summed E-state index contributed by atoms with van der Waals surface area (Å²) in [6.45, 7) is 8.34. The van der Waals surface area contributed by atoms with Crippen LogP contribution in [0.3, 0.4) is 0 Å². The van der Waals surface area contributed by atoms with E-state index in [9.17, 15) is 69.7 Å². The molecule has 452 valence electrons. The van der Waals surface area contributed by atoms with Crippen LogP contribution in [-0.4, -0.2) is 31.4 Å². The van der Waals surface area contributed by atoms with Crippen molar-refractivity contribution in [3.8, 4) is 52.0 Å². The Morgan fingerprint density at radius 1 is 0.449 bits per heavy atom. The lowest BCUT2D eigenvalue weighted by atomic mass is 10.0. The van der Waals surface area contributed by atoms with Gasteiger partial charge in [0.2, 0.25) is 11.8 Å². The number of rotatable bonds is 12. The Hall–Kier alpha value is -10.6. The van der Waals surface area contributed by atoms with Crippen molar-refractivity contribution in [1.29, 1.82) is 15.8 Å². The monoisotopic (exact) mass is 1220 g/mol. The van der Waals surface area contributed by atoms with Gasteiger partial charge in [0.15, 0.2) is 0 Å². The van der Waals surface area contributed by atoms with Gasteiger partial charge in [-0.15, -0.1) is 0 Å².